The smallest absolute Gasteiger partial charge is 0.342 e. The average Bonchev–Trinajstić information content (AvgIpc) is 3.02. The van der Waals surface area contributed by atoms with E-state index in [2.05, 4.69) is 0 Å². The van der Waals surface area contributed by atoms with Crippen molar-refractivity contribution in [1.82, 2.24) is 0 Å². The maximum absolute atomic E-state index is 13.3. The lowest BCUT2D eigenvalue weighted by molar-refractivity contribution is -0.385. The first-order valence-corrected chi connectivity index (χ1v) is 10.9. The van der Waals surface area contributed by atoms with E-state index >= 15 is 0 Å². The maximum atomic E-state index is 13.3. The number of amides is 1. The Bertz CT molecular complexity index is 1360. The zero-order chi connectivity index (χ0) is 23.8. The fraction of sp³-hybridized carbons (Fsp3) is 0.238. The van der Waals surface area contributed by atoms with E-state index in [1.165, 1.54) is 37.3 Å². The number of carbonyl (C=O) groups is 2. The van der Waals surface area contributed by atoms with Gasteiger partial charge >= 0.3 is 5.97 Å². The highest BCUT2D eigenvalue weighted by Gasteiger charge is 2.31. The predicted molar refractivity (Wildman–Crippen MR) is 115 cm³/mol. The van der Waals surface area contributed by atoms with E-state index in [0.717, 1.165) is 13.0 Å². The van der Waals surface area contributed by atoms with Crippen molar-refractivity contribution in [2.24, 2.45) is 0 Å². The largest absolute Gasteiger partial charge is 0.462 e. The summed E-state index contributed by atoms with van der Waals surface area (Å²) in [5, 5.41) is 11.5. The molecule has 0 aliphatic carbocycles. The third-order valence-corrected chi connectivity index (χ3v) is 6.56. The molecule has 0 unspecified atom stereocenters. The molecule has 3 rings (SSSR count). The van der Waals surface area contributed by atoms with Crippen molar-refractivity contribution in [3.8, 4) is 0 Å². The van der Waals surface area contributed by atoms with Gasteiger partial charge < -0.3 is 9.15 Å². The molecule has 11 heteroatoms. The first-order chi connectivity index (χ1) is 15.0. The van der Waals surface area contributed by atoms with Crippen molar-refractivity contribution in [3.05, 3.63) is 63.4 Å². The molecule has 0 aliphatic rings. The monoisotopic (exact) mass is 460 g/mol. The fourth-order valence-electron chi connectivity index (χ4n) is 3.33. The first kappa shape index (κ1) is 22.9. The summed E-state index contributed by atoms with van der Waals surface area (Å²) < 4.78 is 37.7. The highest BCUT2D eigenvalue weighted by molar-refractivity contribution is 7.93. The molecule has 0 aliphatic heterocycles. The summed E-state index contributed by atoms with van der Waals surface area (Å²) in [7, 11) is -4.50. The highest BCUT2D eigenvalue weighted by atomic mass is 32.2. The van der Waals surface area contributed by atoms with Crippen LogP contribution in [-0.2, 0) is 19.6 Å². The second-order valence-electron chi connectivity index (χ2n) is 6.93. The minimum Gasteiger partial charge on any atom is -0.462 e. The summed E-state index contributed by atoms with van der Waals surface area (Å²) in [4.78, 5) is 34.9. The standard InChI is InChI=1S/C21H20N2O8S/c1-5-30-21(25)20-13(3)31-19-9-7-15(10-17(19)20)22(14(4)24)32(28,29)16-8-6-12(2)18(11-16)23(26)27/h6-11H,5H2,1-4H3. The normalized spacial score (nSPS) is 11.4. The highest BCUT2D eigenvalue weighted by Crippen LogP contribution is 2.33. The third-order valence-electron chi connectivity index (χ3n) is 4.76. The molecule has 0 N–H and O–H groups in total. The SMILES string of the molecule is CCOC(=O)c1c(C)oc2ccc(N(C(C)=O)S(=O)(=O)c3ccc(C)c([N+](=O)[O-])c3)cc12. The number of fused-ring (bicyclic) bond motifs is 1. The summed E-state index contributed by atoms with van der Waals surface area (Å²) in [6.07, 6.45) is 0. The number of ether oxygens (including phenoxy) is 1. The van der Waals surface area contributed by atoms with Gasteiger partial charge in [-0.3, -0.25) is 14.9 Å². The molecule has 32 heavy (non-hydrogen) atoms. The molecule has 0 saturated heterocycles. The van der Waals surface area contributed by atoms with E-state index in [1.807, 2.05) is 0 Å². The van der Waals surface area contributed by atoms with E-state index in [0.29, 0.717) is 9.89 Å². The number of anilines is 1. The molecular formula is C21H20N2O8S. The van der Waals surface area contributed by atoms with Crippen LogP contribution < -0.4 is 4.31 Å². The van der Waals surface area contributed by atoms with E-state index in [9.17, 15) is 28.1 Å². The summed E-state index contributed by atoms with van der Waals surface area (Å²) in [5.74, 6) is -1.21. The minimum absolute atomic E-state index is 0.0559. The molecule has 168 valence electrons. The van der Waals surface area contributed by atoms with Gasteiger partial charge in [-0.25, -0.2) is 17.5 Å². The van der Waals surface area contributed by atoms with Crippen LogP contribution >= 0.6 is 0 Å². The van der Waals surface area contributed by atoms with Gasteiger partial charge in [0, 0.05) is 23.9 Å². The van der Waals surface area contributed by atoms with Gasteiger partial charge in [-0.05, 0) is 45.0 Å². The Morgan fingerprint density at radius 2 is 1.84 bits per heavy atom. The van der Waals surface area contributed by atoms with E-state index in [1.54, 1.807) is 13.8 Å². The van der Waals surface area contributed by atoms with Crippen molar-refractivity contribution >= 4 is 44.2 Å². The minimum atomic E-state index is -4.50. The molecule has 0 fully saturated rings. The lowest BCUT2D eigenvalue weighted by Crippen LogP contribution is -2.35. The number of hydrogen-bond acceptors (Lipinski definition) is 8. The summed E-state index contributed by atoms with van der Waals surface area (Å²) in [5.41, 5.74) is 0.258. The van der Waals surface area contributed by atoms with Crippen LogP contribution in [0.3, 0.4) is 0 Å². The second-order valence-corrected chi connectivity index (χ2v) is 8.71. The zero-order valence-corrected chi connectivity index (χ0v) is 18.6. The van der Waals surface area contributed by atoms with E-state index in [-0.39, 0.29) is 40.3 Å². The molecule has 0 radical (unpaired) electrons. The molecule has 1 heterocycles. The number of esters is 1. The summed E-state index contributed by atoms with van der Waals surface area (Å²) >= 11 is 0. The Labute approximate surface area is 183 Å². The predicted octanol–water partition coefficient (Wildman–Crippen LogP) is 3.88. The quantitative estimate of drug-likeness (QED) is 0.307. The lowest BCUT2D eigenvalue weighted by atomic mass is 10.1. The van der Waals surface area contributed by atoms with Crippen LogP contribution in [0.4, 0.5) is 11.4 Å². The van der Waals surface area contributed by atoms with Gasteiger partial charge in [-0.15, -0.1) is 0 Å². The number of carbonyl (C=O) groups excluding carboxylic acids is 2. The van der Waals surface area contributed by atoms with Crippen molar-refractivity contribution in [1.29, 1.82) is 0 Å². The Morgan fingerprint density at radius 1 is 1.16 bits per heavy atom. The second kappa shape index (κ2) is 8.42. The molecule has 10 nitrogen and oxygen atoms in total. The number of nitro benzene ring substituents is 1. The first-order valence-electron chi connectivity index (χ1n) is 9.50. The van der Waals surface area contributed by atoms with Crippen molar-refractivity contribution < 1.29 is 32.1 Å². The average molecular weight is 460 g/mol. The zero-order valence-electron chi connectivity index (χ0n) is 17.7. The number of sulfonamides is 1. The van der Waals surface area contributed by atoms with Gasteiger partial charge in [0.05, 0.1) is 22.1 Å². The number of nitro groups is 1. The molecule has 1 amide bonds. The Hall–Kier alpha value is -3.73. The number of hydrogen-bond donors (Lipinski definition) is 0. The number of rotatable bonds is 6. The van der Waals surface area contributed by atoms with Gasteiger partial charge in [-0.2, -0.15) is 0 Å². The van der Waals surface area contributed by atoms with Crippen LogP contribution in [0.5, 0.6) is 0 Å². The van der Waals surface area contributed by atoms with Gasteiger partial charge in [0.25, 0.3) is 15.7 Å². The number of furan rings is 1. The Kier molecular flexibility index (Phi) is 6.04. The van der Waals surface area contributed by atoms with Gasteiger partial charge in [0.1, 0.15) is 16.9 Å². The van der Waals surface area contributed by atoms with E-state index < -0.39 is 31.7 Å². The van der Waals surface area contributed by atoms with Crippen molar-refractivity contribution in [3.63, 3.8) is 0 Å². The van der Waals surface area contributed by atoms with Gasteiger partial charge in [0.15, 0.2) is 0 Å². The van der Waals surface area contributed by atoms with Crippen LogP contribution in [-0.4, -0.2) is 31.8 Å². The maximum Gasteiger partial charge on any atom is 0.342 e. The number of aryl methyl sites for hydroxylation is 2. The summed E-state index contributed by atoms with van der Waals surface area (Å²) in [6, 6.07) is 7.51. The Morgan fingerprint density at radius 3 is 2.44 bits per heavy atom. The van der Waals surface area contributed by atoms with E-state index in [4.69, 9.17) is 9.15 Å². The van der Waals surface area contributed by atoms with Gasteiger partial charge in [-0.1, -0.05) is 6.07 Å². The fourth-order valence-corrected chi connectivity index (χ4v) is 4.77. The molecule has 2 aromatic carbocycles. The van der Waals surface area contributed by atoms with Crippen molar-refractivity contribution in [2.45, 2.75) is 32.6 Å². The van der Waals surface area contributed by atoms with Gasteiger partial charge in [0.2, 0.25) is 5.91 Å². The molecular weight excluding hydrogens is 440 g/mol. The molecule has 1 aromatic heterocycles. The molecule has 0 saturated carbocycles. The lowest BCUT2D eigenvalue weighted by Gasteiger charge is -2.21. The van der Waals surface area contributed by atoms with Crippen LogP contribution in [0.1, 0.15) is 35.5 Å². The summed E-state index contributed by atoms with van der Waals surface area (Å²) in [6.45, 7) is 5.87. The molecule has 0 spiro atoms. The Balaban J connectivity index is 2.20. The van der Waals surface area contributed by atoms with Crippen molar-refractivity contribution in [2.75, 3.05) is 10.9 Å². The van der Waals surface area contributed by atoms with Crippen LogP contribution in [0, 0.1) is 24.0 Å². The molecule has 0 bridgehead atoms. The molecule has 3 aromatic rings. The topological polar surface area (TPSA) is 137 Å². The molecule has 0 atom stereocenters. The van der Waals surface area contributed by atoms with Crippen LogP contribution in [0.2, 0.25) is 0 Å². The number of nitrogens with zero attached hydrogens (tertiary/aromatic N) is 2. The third kappa shape index (κ3) is 3.94. The van der Waals surface area contributed by atoms with Crippen LogP contribution in [0.15, 0.2) is 45.7 Å². The number of benzene rings is 2. The van der Waals surface area contributed by atoms with Crippen LogP contribution in [0.25, 0.3) is 11.0 Å².